The minimum absolute atomic E-state index is 0.0166. The summed E-state index contributed by atoms with van der Waals surface area (Å²) in [7, 11) is 0. The van der Waals surface area contributed by atoms with Gasteiger partial charge in [-0.3, -0.25) is 9.59 Å². The molecule has 2 atom stereocenters. The zero-order valence-electron chi connectivity index (χ0n) is 42.6. The molecular formula is C57H111NO5. The van der Waals surface area contributed by atoms with Crippen molar-refractivity contribution in [3.05, 3.63) is 12.2 Å². The lowest BCUT2D eigenvalue weighted by Crippen LogP contribution is -2.45. The Bertz CT molecular complexity index is 939. The number of aliphatic hydroxyl groups is 2. The van der Waals surface area contributed by atoms with Gasteiger partial charge in [0.2, 0.25) is 5.91 Å². The van der Waals surface area contributed by atoms with E-state index >= 15 is 0 Å². The summed E-state index contributed by atoms with van der Waals surface area (Å²) < 4.78 is 5.48. The van der Waals surface area contributed by atoms with Crippen molar-refractivity contribution in [3.8, 4) is 0 Å². The van der Waals surface area contributed by atoms with Crippen LogP contribution in [0.1, 0.15) is 316 Å². The van der Waals surface area contributed by atoms with E-state index in [1.54, 1.807) is 6.08 Å². The van der Waals surface area contributed by atoms with Gasteiger partial charge in [0.05, 0.1) is 25.4 Å². The van der Waals surface area contributed by atoms with Gasteiger partial charge in [-0.15, -0.1) is 0 Å². The smallest absolute Gasteiger partial charge is 0.305 e. The minimum Gasteiger partial charge on any atom is -0.466 e. The number of rotatable bonds is 53. The quantitative estimate of drug-likeness (QED) is 0.0321. The van der Waals surface area contributed by atoms with Crippen LogP contribution in [0.15, 0.2) is 12.2 Å². The number of nitrogens with one attached hydrogen (secondary N) is 1. The number of aliphatic hydroxyl groups excluding tert-OH is 2. The van der Waals surface area contributed by atoms with E-state index in [0.29, 0.717) is 19.4 Å². The van der Waals surface area contributed by atoms with Crippen molar-refractivity contribution in [2.24, 2.45) is 0 Å². The molecule has 63 heavy (non-hydrogen) atoms. The summed E-state index contributed by atoms with van der Waals surface area (Å²) in [6.07, 6.45) is 62.5. The Kier molecular flexibility index (Phi) is 52.0. The molecule has 6 nitrogen and oxygen atoms in total. The fourth-order valence-corrected chi connectivity index (χ4v) is 8.93. The van der Waals surface area contributed by atoms with Crippen molar-refractivity contribution in [1.29, 1.82) is 0 Å². The summed E-state index contributed by atoms with van der Waals surface area (Å²) in [5.41, 5.74) is 0. The Morgan fingerprint density at radius 2 is 0.730 bits per heavy atom. The van der Waals surface area contributed by atoms with Gasteiger partial charge in [0.15, 0.2) is 0 Å². The number of esters is 1. The van der Waals surface area contributed by atoms with Crippen LogP contribution in [0.25, 0.3) is 0 Å². The average Bonchev–Trinajstić information content (AvgIpc) is 3.28. The monoisotopic (exact) mass is 890 g/mol. The molecule has 0 aliphatic heterocycles. The molecule has 6 heteroatoms. The van der Waals surface area contributed by atoms with E-state index in [1.807, 2.05) is 6.08 Å². The fraction of sp³-hybridized carbons (Fsp3) is 0.930. The van der Waals surface area contributed by atoms with Gasteiger partial charge in [-0.05, 0) is 32.1 Å². The third-order valence-electron chi connectivity index (χ3n) is 13.3. The lowest BCUT2D eigenvalue weighted by Gasteiger charge is -2.20. The predicted molar refractivity (Wildman–Crippen MR) is 273 cm³/mol. The number of amides is 1. The number of unbranched alkanes of at least 4 members (excludes halogenated alkanes) is 42. The first-order valence-electron chi connectivity index (χ1n) is 28.5. The molecule has 0 aromatic heterocycles. The van der Waals surface area contributed by atoms with Gasteiger partial charge in [0.25, 0.3) is 0 Å². The Balaban J connectivity index is 3.34. The average molecular weight is 891 g/mol. The van der Waals surface area contributed by atoms with Crippen LogP contribution < -0.4 is 5.32 Å². The zero-order chi connectivity index (χ0) is 45.8. The molecule has 0 aliphatic carbocycles. The third kappa shape index (κ3) is 49.9. The molecule has 0 rings (SSSR count). The van der Waals surface area contributed by atoms with Crippen LogP contribution in [0.3, 0.4) is 0 Å². The fourth-order valence-electron chi connectivity index (χ4n) is 8.93. The van der Waals surface area contributed by atoms with E-state index in [9.17, 15) is 19.8 Å². The second-order valence-electron chi connectivity index (χ2n) is 19.6. The second kappa shape index (κ2) is 53.2. The number of carbonyl (C=O) groups excluding carboxylic acids is 2. The standard InChI is InChI=1S/C57H111NO5/c1-3-5-7-9-11-13-14-27-31-35-39-43-47-51-57(62)63-52-48-44-40-36-32-29-26-24-22-20-18-16-15-17-19-21-23-25-28-30-34-38-42-46-50-56(61)58-54(53-59)55(60)49-45-41-37-33-12-10-8-6-4-2/h45,49,54-55,59-60H,3-44,46-48,50-53H2,1-2H3,(H,58,61)/b49-45+. The van der Waals surface area contributed by atoms with E-state index in [2.05, 4.69) is 19.2 Å². The first-order valence-corrected chi connectivity index (χ1v) is 28.5. The van der Waals surface area contributed by atoms with E-state index in [4.69, 9.17) is 4.74 Å². The molecule has 0 aromatic carbocycles. The number of allylic oxidation sites excluding steroid dienone is 1. The van der Waals surface area contributed by atoms with Crippen molar-refractivity contribution in [3.63, 3.8) is 0 Å². The third-order valence-corrected chi connectivity index (χ3v) is 13.3. The molecule has 0 aromatic rings. The van der Waals surface area contributed by atoms with Crippen molar-refractivity contribution in [2.45, 2.75) is 328 Å². The van der Waals surface area contributed by atoms with Gasteiger partial charge in [-0.1, -0.05) is 283 Å². The van der Waals surface area contributed by atoms with E-state index < -0.39 is 12.1 Å². The number of hydrogen-bond donors (Lipinski definition) is 3. The molecule has 2 unspecified atom stereocenters. The molecule has 3 N–H and O–H groups in total. The molecular weight excluding hydrogens is 779 g/mol. The van der Waals surface area contributed by atoms with Crippen LogP contribution in [0.5, 0.6) is 0 Å². The number of hydrogen-bond acceptors (Lipinski definition) is 5. The van der Waals surface area contributed by atoms with Crippen molar-refractivity contribution in [2.75, 3.05) is 13.2 Å². The van der Waals surface area contributed by atoms with Gasteiger partial charge in [0.1, 0.15) is 0 Å². The Hall–Kier alpha value is -1.40. The molecule has 0 fully saturated rings. The summed E-state index contributed by atoms with van der Waals surface area (Å²) in [6, 6.07) is -0.623. The van der Waals surface area contributed by atoms with Crippen molar-refractivity contribution >= 4 is 11.9 Å². The molecule has 0 bridgehead atoms. The zero-order valence-corrected chi connectivity index (χ0v) is 42.6. The molecule has 0 heterocycles. The molecule has 0 saturated heterocycles. The van der Waals surface area contributed by atoms with Gasteiger partial charge in [-0.2, -0.15) is 0 Å². The SMILES string of the molecule is CCCCCCCCC/C=C/C(O)C(CO)NC(=O)CCCCCCCCCCCCCCCCCCCCCCCCCCOC(=O)CCCCCCCCCCCCCCC. The number of carbonyl (C=O) groups is 2. The number of ether oxygens (including phenoxy) is 1. The molecule has 0 saturated carbocycles. The summed E-state index contributed by atoms with van der Waals surface area (Å²) in [6.45, 7) is 4.89. The maximum atomic E-state index is 12.4. The van der Waals surface area contributed by atoms with Gasteiger partial charge in [0, 0.05) is 12.8 Å². The highest BCUT2D eigenvalue weighted by Gasteiger charge is 2.18. The van der Waals surface area contributed by atoms with Crippen LogP contribution in [-0.4, -0.2) is 47.4 Å². The predicted octanol–water partition coefficient (Wildman–Crippen LogP) is 17.3. The minimum atomic E-state index is -0.840. The van der Waals surface area contributed by atoms with Gasteiger partial charge in [-0.25, -0.2) is 0 Å². The van der Waals surface area contributed by atoms with Crippen LogP contribution in [0.4, 0.5) is 0 Å². The van der Waals surface area contributed by atoms with Gasteiger partial charge < -0.3 is 20.3 Å². The maximum Gasteiger partial charge on any atom is 0.305 e. The Morgan fingerprint density at radius 3 is 1.08 bits per heavy atom. The van der Waals surface area contributed by atoms with Crippen LogP contribution in [-0.2, 0) is 14.3 Å². The first kappa shape index (κ1) is 61.6. The first-order chi connectivity index (χ1) is 31.0. The van der Waals surface area contributed by atoms with Gasteiger partial charge >= 0.3 is 5.97 Å². The largest absolute Gasteiger partial charge is 0.466 e. The van der Waals surface area contributed by atoms with E-state index in [0.717, 1.165) is 38.5 Å². The summed E-state index contributed by atoms with van der Waals surface area (Å²) in [5.74, 6) is -0.0520. The Labute approximate surface area is 393 Å². The summed E-state index contributed by atoms with van der Waals surface area (Å²) >= 11 is 0. The molecule has 0 aliphatic rings. The normalized spacial score (nSPS) is 12.6. The van der Waals surface area contributed by atoms with Crippen molar-refractivity contribution < 1.29 is 24.5 Å². The lowest BCUT2D eigenvalue weighted by atomic mass is 10.0. The highest BCUT2D eigenvalue weighted by Crippen LogP contribution is 2.17. The second-order valence-corrected chi connectivity index (χ2v) is 19.6. The highest BCUT2D eigenvalue weighted by atomic mass is 16.5. The molecule has 0 radical (unpaired) electrons. The lowest BCUT2D eigenvalue weighted by molar-refractivity contribution is -0.143. The topological polar surface area (TPSA) is 95.9 Å². The highest BCUT2D eigenvalue weighted by molar-refractivity contribution is 5.76. The van der Waals surface area contributed by atoms with Crippen LogP contribution >= 0.6 is 0 Å². The molecule has 0 spiro atoms. The molecule has 1 amide bonds. The Morgan fingerprint density at radius 1 is 0.429 bits per heavy atom. The van der Waals surface area contributed by atoms with Crippen LogP contribution in [0.2, 0.25) is 0 Å². The summed E-state index contributed by atoms with van der Waals surface area (Å²) in [4.78, 5) is 24.4. The van der Waals surface area contributed by atoms with E-state index in [1.165, 1.54) is 250 Å². The summed E-state index contributed by atoms with van der Waals surface area (Å²) in [5, 5.41) is 22.9. The van der Waals surface area contributed by atoms with Crippen molar-refractivity contribution in [1.82, 2.24) is 5.32 Å². The molecule has 374 valence electrons. The maximum absolute atomic E-state index is 12.4. The van der Waals surface area contributed by atoms with Crippen LogP contribution in [0, 0.1) is 0 Å². The van der Waals surface area contributed by atoms with E-state index in [-0.39, 0.29) is 18.5 Å².